The van der Waals surface area contributed by atoms with Crippen molar-refractivity contribution in [2.24, 2.45) is 5.73 Å². The van der Waals surface area contributed by atoms with E-state index in [0.29, 0.717) is 13.2 Å². The van der Waals surface area contributed by atoms with E-state index >= 15 is 0 Å². The first-order valence-electron chi connectivity index (χ1n) is 5.34. The molecule has 1 saturated heterocycles. The summed E-state index contributed by atoms with van der Waals surface area (Å²) in [6, 6.07) is 0. The maximum absolute atomic E-state index is 11.6. The Morgan fingerprint density at radius 3 is 2.59 bits per heavy atom. The highest BCUT2D eigenvalue weighted by atomic mass is 16.8. The van der Waals surface area contributed by atoms with Crippen molar-refractivity contribution < 1.29 is 23.8 Å². The van der Waals surface area contributed by atoms with E-state index in [0.717, 1.165) is 0 Å². The number of rotatable bonds is 0. The molecule has 17 heavy (non-hydrogen) atoms. The molecule has 0 spiro atoms. The Bertz CT molecular complexity index is 300. The predicted octanol–water partition coefficient (Wildman–Crippen LogP) is 0.675. The Labute approximate surface area is 99.8 Å². The van der Waals surface area contributed by atoms with Crippen molar-refractivity contribution in [3.05, 3.63) is 0 Å². The quantitative estimate of drug-likeness (QED) is 0.499. The van der Waals surface area contributed by atoms with E-state index in [1.54, 1.807) is 20.8 Å². The van der Waals surface area contributed by atoms with Gasteiger partial charge in [0.2, 0.25) is 0 Å². The molecule has 1 aliphatic rings. The van der Waals surface area contributed by atoms with Crippen LogP contribution in [0, 0.1) is 0 Å². The minimum Gasteiger partial charge on any atom is -0.428 e. The Morgan fingerprint density at radius 2 is 2.06 bits per heavy atom. The van der Waals surface area contributed by atoms with E-state index in [1.807, 2.05) is 0 Å². The van der Waals surface area contributed by atoms with Gasteiger partial charge in [0.1, 0.15) is 11.8 Å². The van der Waals surface area contributed by atoms with Gasteiger partial charge in [0.15, 0.2) is 0 Å². The molecule has 0 aliphatic carbocycles. The second-order valence-electron chi connectivity index (χ2n) is 4.67. The third kappa shape index (κ3) is 4.58. The smallest absolute Gasteiger partial charge is 0.428 e. The fourth-order valence-corrected chi connectivity index (χ4v) is 1.25. The van der Waals surface area contributed by atoms with Gasteiger partial charge in [-0.15, -0.1) is 0 Å². The molecular formula is C10H18N2O5. The van der Waals surface area contributed by atoms with Crippen molar-refractivity contribution in [3.8, 4) is 0 Å². The third-order valence-corrected chi connectivity index (χ3v) is 1.96. The van der Waals surface area contributed by atoms with Crippen molar-refractivity contribution in [3.63, 3.8) is 0 Å². The monoisotopic (exact) mass is 246 g/mol. The molecule has 1 heterocycles. The summed E-state index contributed by atoms with van der Waals surface area (Å²) in [5, 5.41) is 0. The average Bonchev–Trinajstić information content (AvgIpc) is 2.14. The molecule has 0 aromatic carbocycles. The van der Waals surface area contributed by atoms with Gasteiger partial charge < -0.3 is 19.9 Å². The van der Waals surface area contributed by atoms with Crippen LogP contribution < -0.4 is 5.73 Å². The molecule has 7 nitrogen and oxygen atoms in total. The maximum Gasteiger partial charge on any atom is 0.517 e. The van der Waals surface area contributed by atoms with Gasteiger partial charge in [-0.05, 0) is 20.8 Å². The van der Waals surface area contributed by atoms with E-state index in [4.69, 9.17) is 15.2 Å². The number of carbonyl (C=O) groups excluding carboxylic acids is 2. The highest BCUT2D eigenvalue weighted by molar-refractivity contribution is 5.81. The lowest BCUT2D eigenvalue weighted by Gasteiger charge is -2.31. The predicted molar refractivity (Wildman–Crippen MR) is 58.2 cm³/mol. The summed E-state index contributed by atoms with van der Waals surface area (Å²) in [5.41, 5.74) is 4.93. The fourth-order valence-electron chi connectivity index (χ4n) is 1.25. The number of nitrogens with zero attached hydrogens (tertiary/aromatic N) is 1. The summed E-state index contributed by atoms with van der Waals surface area (Å²) in [7, 11) is 0. The van der Waals surface area contributed by atoms with E-state index in [-0.39, 0.29) is 6.61 Å². The number of hydrogen-bond donors (Lipinski definition) is 1. The molecule has 98 valence electrons. The maximum atomic E-state index is 11.6. The number of morpholine rings is 1. The van der Waals surface area contributed by atoms with Crippen LogP contribution in [-0.4, -0.2) is 48.7 Å². The van der Waals surface area contributed by atoms with Gasteiger partial charge in [-0.25, -0.2) is 9.59 Å². The van der Waals surface area contributed by atoms with Gasteiger partial charge in [0.25, 0.3) is 0 Å². The van der Waals surface area contributed by atoms with Gasteiger partial charge in [-0.2, -0.15) is 0 Å². The van der Waals surface area contributed by atoms with Crippen LogP contribution in [0.25, 0.3) is 0 Å². The first-order chi connectivity index (χ1) is 7.79. The van der Waals surface area contributed by atoms with Crippen LogP contribution in [0.2, 0.25) is 0 Å². The highest BCUT2D eigenvalue weighted by Gasteiger charge is 2.29. The molecule has 1 amide bonds. The first-order valence-corrected chi connectivity index (χ1v) is 5.34. The number of hydrogen-bond acceptors (Lipinski definition) is 6. The molecule has 7 heteroatoms. The lowest BCUT2D eigenvalue weighted by Crippen LogP contribution is -2.54. The second kappa shape index (κ2) is 5.33. The van der Waals surface area contributed by atoms with Gasteiger partial charge >= 0.3 is 12.2 Å². The van der Waals surface area contributed by atoms with Crippen LogP contribution >= 0.6 is 0 Å². The lowest BCUT2D eigenvalue weighted by molar-refractivity contribution is -0.0222. The Kier molecular flexibility index (Phi) is 4.30. The topological polar surface area (TPSA) is 91.1 Å². The minimum absolute atomic E-state index is 0.226. The van der Waals surface area contributed by atoms with Crippen LogP contribution in [0.5, 0.6) is 0 Å². The van der Waals surface area contributed by atoms with Crippen molar-refractivity contribution in [1.29, 1.82) is 0 Å². The van der Waals surface area contributed by atoms with Crippen LogP contribution in [0.1, 0.15) is 20.8 Å². The first kappa shape index (κ1) is 13.7. The molecule has 0 aromatic rings. The molecule has 1 aliphatic heterocycles. The SMILES string of the molecule is CC(C)(C)OC(=O)OC(=O)N1CCOCC1N. The van der Waals surface area contributed by atoms with Crippen LogP contribution in [0.15, 0.2) is 0 Å². The molecule has 0 radical (unpaired) electrons. The number of amides is 1. The van der Waals surface area contributed by atoms with Crippen LogP contribution in [0.3, 0.4) is 0 Å². The molecule has 2 N–H and O–H groups in total. The van der Waals surface area contributed by atoms with E-state index in [2.05, 4.69) is 4.74 Å². The average molecular weight is 246 g/mol. The van der Waals surface area contributed by atoms with E-state index in [1.165, 1.54) is 4.90 Å². The Morgan fingerprint density at radius 1 is 1.41 bits per heavy atom. The summed E-state index contributed by atoms with van der Waals surface area (Å²) in [4.78, 5) is 24.1. The number of carbonyl (C=O) groups is 2. The highest BCUT2D eigenvalue weighted by Crippen LogP contribution is 2.10. The number of nitrogens with two attached hydrogens (primary N) is 1. The lowest BCUT2D eigenvalue weighted by atomic mass is 10.2. The van der Waals surface area contributed by atoms with E-state index in [9.17, 15) is 9.59 Å². The molecule has 1 unspecified atom stereocenters. The summed E-state index contributed by atoms with van der Waals surface area (Å²) >= 11 is 0. The van der Waals surface area contributed by atoms with Crippen molar-refractivity contribution in [2.45, 2.75) is 32.5 Å². The molecular weight excluding hydrogens is 228 g/mol. The van der Waals surface area contributed by atoms with Crippen molar-refractivity contribution in [1.82, 2.24) is 4.90 Å². The fraction of sp³-hybridized carbons (Fsp3) is 0.800. The molecule has 1 atom stereocenters. The Balaban J connectivity index is 2.45. The Hall–Kier alpha value is -1.34. The zero-order chi connectivity index (χ0) is 13.1. The molecule has 0 saturated carbocycles. The standard InChI is InChI=1S/C10H18N2O5/c1-10(2,3)17-9(14)16-8(13)12-4-5-15-6-7(12)11/h7H,4-6,11H2,1-3H3. The van der Waals surface area contributed by atoms with E-state index < -0.39 is 24.0 Å². The zero-order valence-electron chi connectivity index (χ0n) is 10.3. The molecule has 0 aromatic heterocycles. The van der Waals surface area contributed by atoms with Crippen LogP contribution in [-0.2, 0) is 14.2 Å². The molecule has 0 bridgehead atoms. The van der Waals surface area contributed by atoms with Crippen molar-refractivity contribution >= 4 is 12.2 Å². The van der Waals surface area contributed by atoms with Gasteiger partial charge in [0.05, 0.1) is 13.2 Å². The van der Waals surface area contributed by atoms with Gasteiger partial charge in [-0.3, -0.25) is 4.90 Å². The summed E-state index contributed by atoms with van der Waals surface area (Å²) < 4.78 is 14.4. The normalized spacial score (nSPS) is 20.9. The molecule has 1 rings (SSSR count). The zero-order valence-corrected chi connectivity index (χ0v) is 10.3. The number of ether oxygens (including phenoxy) is 3. The second-order valence-corrected chi connectivity index (χ2v) is 4.67. The van der Waals surface area contributed by atoms with Crippen molar-refractivity contribution in [2.75, 3.05) is 19.8 Å². The summed E-state index contributed by atoms with van der Waals surface area (Å²) in [6.07, 6.45) is -2.44. The minimum atomic E-state index is -1.03. The molecule has 1 fully saturated rings. The van der Waals surface area contributed by atoms with Crippen LogP contribution in [0.4, 0.5) is 9.59 Å². The third-order valence-electron chi connectivity index (χ3n) is 1.96. The van der Waals surface area contributed by atoms with Gasteiger partial charge in [0, 0.05) is 6.54 Å². The largest absolute Gasteiger partial charge is 0.517 e. The summed E-state index contributed by atoms with van der Waals surface area (Å²) in [6.45, 7) is 5.93. The summed E-state index contributed by atoms with van der Waals surface area (Å²) in [5.74, 6) is 0. The van der Waals surface area contributed by atoms with Gasteiger partial charge in [-0.1, -0.05) is 0 Å².